The normalized spacial score (nSPS) is 11.4. The number of alkyl halides is 1. The molecular formula is C14H12Cl3N3S. The molecule has 7 heteroatoms. The van der Waals surface area contributed by atoms with Crippen molar-refractivity contribution in [3.05, 3.63) is 44.1 Å². The number of fused-ring (bicyclic) bond motifs is 1. The summed E-state index contributed by atoms with van der Waals surface area (Å²) in [6, 6.07) is 3.64. The minimum Gasteiger partial charge on any atom is -0.321 e. The maximum atomic E-state index is 6.14. The second-order valence-electron chi connectivity index (χ2n) is 4.67. The summed E-state index contributed by atoms with van der Waals surface area (Å²) in [5.41, 5.74) is 1.79. The first-order valence-corrected chi connectivity index (χ1v) is 8.50. The number of aryl methyl sites for hydroxylation is 2. The lowest BCUT2D eigenvalue weighted by atomic mass is 10.3. The van der Waals surface area contributed by atoms with Gasteiger partial charge in [0.15, 0.2) is 0 Å². The third kappa shape index (κ3) is 3.04. The molecule has 0 spiro atoms. The fraction of sp³-hybridized carbons (Fsp3) is 0.286. The van der Waals surface area contributed by atoms with Crippen LogP contribution in [0.3, 0.4) is 0 Å². The van der Waals surface area contributed by atoms with Gasteiger partial charge in [0.25, 0.3) is 0 Å². The van der Waals surface area contributed by atoms with Gasteiger partial charge in [-0.15, -0.1) is 22.9 Å². The average Bonchev–Trinajstić information content (AvgIpc) is 2.97. The van der Waals surface area contributed by atoms with Gasteiger partial charge in [-0.1, -0.05) is 23.2 Å². The van der Waals surface area contributed by atoms with Crippen LogP contribution in [0.25, 0.3) is 11.0 Å². The van der Waals surface area contributed by atoms with Gasteiger partial charge < -0.3 is 4.57 Å². The number of halogens is 3. The van der Waals surface area contributed by atoms with Crippen LogP contribution in [0.4, 0.5) is 0 Å². The highest BCUT2D eigenvalue weighted by atomic mass is 35.5. The molecule has 1 aromatic carbocycles. The SMILES string of the molecule is Cc1cnc(Cn2c(CCCl)nc3cc(Cl)c(Cl)cc32)s1. The molecule has 21 heavy (non-hydrogen) atoms. The summed E-state index contributed by atoms with van der Waals surface area (Å²) in [6.45, 7) is 2.71. The summed E-state index contributed by atoms with van der Waals surface area (Å²) in [6.07, 6.45) is 2.57. The van der Waals surface area contributed by atoms with E-state index in [9.17, 15) is 0 Å². The molecule has 0 aliphatic heterocycles. The molecule has 0 fully saturated rings. The van der Waals surface area contributed by atoms with Gasteiger partial charge >= 0.3 is 0 Å². The molecule has 110 valence electrons. The van der Waals surface area contributed by atoms with E-state index in [-0.39, 0.29) is 0 Å². The topological polar surface area (TPSA) is 30.7 Å². The molecule has 2 aromatic heterocycles. The minimum atomic E-state index is 0.510. The molecular weight excluding hydrogens is 349 g/mol. The Labute approximate surface area is 141 Å². The van der Waals surface area contributed by atoms with Gasteiger partial charge in [0.2, 0.25) is 0 Å². The van der Waals surface area contributed by atoms with Gasteiger partial charge in [-0.2, -0.15) is 0 Å². The summed E-state index contributed by atoms with van der Waals surface area (Å²) in [5, 5.41) is 2.07. The molecule has 0 radical (unpaired) electrons. The predicted octanol–water partition coefficient (Wildman–Crippen LogP) is 4.94. The third-order valence-corrected chi connectivity index (χ3v) is 4.96. The quantitative estimate of drug-likeness (QED) is 0.617. The first kappa shape index (κ1) is 15.1. The van der Waals surface area contributed by atoms with Crippen molar-refractivity contribution in [3.63, 3.8) is 0 Å². The second-order valence-corrected chi connectivity index (χ2v) is 7.18. The fourth-order valence-electron chi connectivity index (χ4n) is 2.23. The number of nitrogens with zero attached hydrogens (tertiary/aromatic N) is 3. The molecule has 0 saturated carbocycles. The third-order valence-electron chi connectivity index (χ3n) is 3.15. The second kappa shape index (κ2) is 6.13. The van der Waals surface area contributed by atoms with Crippen LogP contribution in [0.15, 0.2) is 18.3 Å². The summed E-state index contributed by atoms with van der Waals surface area (Å²) in [7, 11) is 0. The summed E-state index contributed by atoms with van der Waals surface area (Å²) < 4.78 is 2.11. The van der Waals surface area contributed by atoms with Crippen molar-refractivity contribution in [2.45, 2.75) is 19.9 Å². The van der Waals surface area contributed by atoms with Gasteiger partial charge in [0.1, 0.15) is 10.8 Å². The van der Waals surface area contributed by atoms with Crippen molar-refractivity contribution >= 4 is 57.2 Å². The molecule has 0 unspecified atom stereocenters. The van der Waals surface area contributed by atoms with Gasteiger partial charge in [-0.3, -0.25) is 0 Å². The molecule has 3 nitrogen and oxygen atoms in total. The van der Waals surface area contributed by atoms with E-state index in [1.54, 1.807) is 17.4 Å². The molecule has 3 rings (SSSR count). The number of hydrogen-bond donors (Lipinski definition) is 0. The molecule has 0 aliphatic carbocycles. The fourth-order valence-corrected chi connectivity index (χ4v) is 3.49. The zero-order valence-corrected chi connectivity index (χ0v) is 14.3. The average molecular weight is 361 g/mol. The van der Waals surface area contributed by atoms with Crippen molar-refractivity contribution < 1.29 is 0 Å². The van der Waals surface area contributed by atoms with E-state index in [2.05, 4.69) is 14.5 Å². The lowest BCUT2D eigenvalue weighted by molar-refractivity contribution is 0.750. The maximum Gasteiger partial charge on any atom is 0.113 e. The molecule has 0 bridgehead atoms. The number of thiazole rings is 1. The molecule has 0 N–H and O–H groups in total. The zero-order valence-electron chi connectivity index (χ0n) is 11.2. The van der Waals surface area contributed by atoms with Crippen LogP contribution < -0.4 is 0 Å². The van der Waals surface area contributed by atoms with Crippen molar-refractivity contribution in [2.24, 2.45) is 0 Å². The molecule has 0 amide bonds. The Bertz CT molecular complexity index is 794. The van der Waals surface area contributed by atoms with E-state index in [1.165, 1.54) is 4.88 Å². The van der Waals surface area contributed by atoms with E-state index in [1.807, 2.05) is 19.2 Å². The highest BCUT2D eigenvalue weighted by Gasteiger charge is 2.14. The van der Waals surface area contributed by atoms with Crippen LogP contribution in [0.5, 0.6) is 0 Å². The Morgan fingerprint density at radius 3 is 2.67 bits per heavy atom. The van der Waals surface area contributed by atoms with Crippen molar-refractivity contribution in [1.82, 2.24) is 14.5 Å². The van der Waals surface area contributed by atoms with Gasteiger partial charge in [0, 0.05) is 23.4 Å². The lowest BCUT2D eigenvalue weighted by Crippen LogP contribution is -2.05. The van der Waals surface area contributed by atoms with Crippen molar-refractivity contribution in [2.75, 3.05) is 5.88 Å². The van der Waals surface area contributed by atoms with E-state index < -0.39 is 0 Å². The highest BCUT2D eigenvalue weighted by molar-refractivity contribution is 7.11. The Morgan fingerprint density at radius 2 is 2.00 bits per heavy atom. The molecule has 0 aliphatic rings. The maximum absolute atomic E-state index is 6.14. The Morgan fingerprint density at radius 1 is 1.24 bits per heavy atom. The van der Waals surface area contributed by atoms with E-state index in [4.69, 9.17) is 34.8 Å². The smallest absolute Gasteiger partial charge is 0.113 e. The number of imidazole rings is 1. The van der Waals surface area contributed by atoms with E-state index >= 15 is 0 Å². The number of aromatic nitrogens is 3. The monoisotopic (exact) mass is 359 g/mol. The first-order chi connectivity index (χ1) is 10.1. The van der Waals surface area contributed by atoms with E-state index in [0.717, 1.165) is 21.9 Å². The van der Waals surface area contributed by atoms with Gasteiger partial charge in [0.05, 0.1) is 27.6 Å². The lowest BCUT2D eigenvalue weighted by Gasteiger charge is -2.06. The Kier molecular flexibility index (Phi) is 4.41. The van der Waals surface area contributed by atoms with Gasteiger partial charge in [-0.05, 0) is 19.1 Å². The van der Waals surface area contributed by atoms with Gasteiger partial charge in [-0.25, -0.2) is 9.97 Å². The highest BCUT2D eigenvalue weighted by Crippen LogP contribution is 2.29. The Hall–Kier alpha value is -0.810. The Balaban J connectivity index is 2.12. The standard InChI is InChI=1S/C14H12Cl3N3S/c1-8-6-18-14(21-8)7-20-12-5-10(17)9(16)4-11(12)19-13(20)2-3-15/h4-6H,2-3,7H2,1H3. The number of rotatable bonds is 4. The summed E-state index contributed by atoms with van der Waals surface area (Å²) in [4.78, 5) is 10.2. The summed E-state index contributed by atoms with van der Waals surface area (Å²) in [5.74, 6) is 1.44. The molecule has 2 heterocycles. The van der Waals surface area contributed by atoms with Crippen LogP contribution in [-0.2, 0) is 13.0 Å². The molecule has 3 aromatic rings. The largest absolute Gasteiger partial charge is 0.321 e. The van der Waals surface area contributed by atoms with Crippen LogP contribution in [0.2, 0.25) is 10.0 Å². The number of hydrogen-bond acceptors (Lipinski definition) is 3. The number of benzene rings is 1. The zero-order chi connectivity index (χ0) is 15.0. The minimum absolute atomic E-state index is 0.510. The van der Waals surface area contributed by atoms with Crippen molar-refractivity contribution in [3.8, 4) is 0 Å². The van der Waals surface area contributed by atoms with Crippen LogP contribution in [0, 0.1) is 6.92 Å². The first-order valence-electron chi connectivity index (χ1n) is 6.40. The van der Waals surface area contributed by atoms with Crippen LogP contribution in [0.1, 0.15) is 15.7 Å². The molecule has 0 saturated heterocycles. The summed E-state index contributed by atoms with van der Waals surface area (Å²) >= 11 is 19.8. The van der Waals surface area contributed by atoms with E-state index in [0.29, 0.717) is 28.9 Å². The van der Waals surface area contributed by atoms with Crippen LogP contribution in [-0.4, -0.2) is 20.4 Å². The van der Waals surface area contributed by atoms with Crippen molar-refractivity contribution in [1.29, 1.82) is 0 Å². The van der Waals surface area contributed by atoms with Crippen LogP contribution >= 0.6 is 46.1 Å². The predicted molar refractivity (Wildman–Crippen MR) is 90.1 cm³/mol. The molecule has 0 atom stereocenters.